The molecule has 0 unspecified atom stereocenters. The molecule has 1 rings (SSSR count). The third-order valence-electron chi connectivity index (χ3n) is 2.21. The molecular weight excluding hydrogens is 100 g/mol. The Hall–Kier alpha value is -0.0400. The van der Waals surface area contributed by atoms with Gasteiger partial charge in [-0.25, -0.2) is 0 Å². The molecular formula is C7H14O. The van der Waals surface area contributed by atoms with Crippen molar-refractivity contribution in [3.63, 3.8) is 0 Å². The van der Waals surface area contributed by atoms with Gasteiger partial charge in [-0.05, 0) is 18.8 Å². The van der Waals surface area contributed by atoms with Crippen LogP contribution in [-0.4, -0.2) is 12.7 Å². The van der Waals surface area contributed by atoms with Gasteiger partial charge in [-0.2, -0.15) is 0 Å². The predicted molar refractivity (Wildman–Crippen MR) is 33.8 cm³/mol. The largest absolute Gasteiger partial charge is 0.378 e. The quantitative estimate of drug-likeness (QED) is 0.466. The van der Waals surface area contributed by atoms with E-state index in [-0.39, 0.29) is 0 Å². The lowest BCUT2D eigenvalue weighted by Gasteiger charge is -2.20. The fourth-order valence-corrected chi connectivity index (χ4v) is 0.928. The Kier molecular flexibility index (Phi) is 1.31. The Bertz CT molecular complexity index is 86.4. The van der Waals surface area contributed by atoms with E-state index in [4.69, 9.17) is 4.74 Å². The van der Waals surface area contributed by atoms with E-state index < -0.39 is 0 Å². The average molecular weight is 114 g/mol. The predicted octanol–water partition coefficient (Wildman–Crippen LogP) is 1.82. The standard InChI is InChI=1S/C7H14O/c1-6-7(2,3)4-5-8-6/h6H,4-5H2,1-3H3/t6-/m1/s1. The molecule has 0 bridgehead atoms. The minimum absolute atomic E-state index is 0.431. The first kappa shape index (κ1) is 6.09. The normalized spacial score (nSPS) is 35.6. The van der Waals surface area contributed by atoms with Crippen LogP contribution in [0.15, 0.2) is 0 Å². The summed E-state index contributed by atoms with van der Waals surface area (Å²) < 4.78 is 5.37. The minimum Gasteiger partial charge on any atom is -0.378 e. The van der Waals surface area contributed by atoms with Crippen LogP contribution in [0.2, 0.25) is 0 Å². The minimum atomic E-state index is 0.431. The first-order valence-electron chi connectivity index (χ1n) is 3.24. The van der Waals surface area contributed by atoms with E-state index in [1.807, 2.05) is 0 Å². The Morgan fingerprint density at radius 1 is 1.50 bits per heavy atom. The molecule has 1 aliphatic rings. The van der Waals surface area contributed by atoms with Crippen LogP contribution < -0.4 is 0 Å². The lowest BCUT2D eigenvalue weighted by Crippen LogP contribution is -2.19. The van der Waals surface area contributed by atoms with Crippen LogP contribution in [-0.2, 0) is 4.74 Å². The molecule has 0 aliphatic carbocycles. The number of hydrogen-bond donors (Lipinski definition) is 0. The summed E-state index contributed by atoms with van der Waals surface area (Å²) in [5.41, 5.74) is 0.431. The summed E-state index contributed by atoms with van der Waals surface area (Å²) in [7, 11) is 0. The topological polar surface area (TPSA) is 9.23 Å². The van der Waals surface area contributed by atoms with Crippen LogP contribution in [0.25, 0.3) is 0 Å². The van der Waals surface area contributed by atoms with E-state index in [0.29, 0.717) is 11.5 Å². The molecule has 0 aromatic carbocycles. The summed E-state index contributed by atoms with van der Waals surface area (Å²) in [5, 5.41) is 0. The highest BCUT2D eigenvalue weighted by Gasteiger charge is 2.31. The van der Waals surface area contributed by atoms with Crippen molar-refractivity contribution in [1.82, 2.24) is 0 Å². The van der Waals surface area contributed by atoms with Crippen LogP contribution in [0, 0.1) is 5.41 Å². The summed E-state index contributed by atoms with van der Waals surface area (Å²) in [4.78, 5) is 0. The average Bonchev–Trinajstić information content (AvgIpc) is 1.86. The maximum absolute atomic E-state index is 5.37. The van der Waals surface area contributed by atoms with Gasteiger partial charge >= 0.3 is 0 Å². The lowest BCUT2D eigenvalue weighted by molar-refractivity contribution is 0.0798. The number of rotatable bonds is 0. The van der Waals surface area contributed by atoms with Crippen molar-refractivity contribution >= 4 is 0 Å². The second-order valence-corrected chi connectivity index (χ2v) is 3.25. The highest BCUT2D eigenvalue weighted by atomic mass is 16.5. The molecule has 0 N–H and O–H groups in total. The van der Waals surface area contributed by atoms with E-state index in [9.17, 15) is 0 Å². The first-order chi connectivity index (χ1) is 3.63. The molecule has 1 saturated heterocycles. The second-order valence-electron chi connectivity index (χ2n) is 3.25. The van der Waals surface area contributed by atoms with Gasteiger partial charge in [0.2, 0.25) is 0 Å². The molecule has 1 aliphatic heterocycles. The van der Waals surface area contributed by atoms with Crippen molar-refractivity contribution in [2.24, 2.45) is 5.41 Å². The Labute approximate surface area is 51.0 Å². The molecule has 1 nitrogen and oxygen atoms in total. The van der Waals surface area contributed by atoms with Gasteiger partial charge in [0.25, 0.3) is 0 Å². The Morgan fingerprint density at radius 2 is 2.12 bits per heavy atom. The maximum Gasteiger partial charge on any atom is 0.0598 e. The molecule has 1 heteroatoms. The molecule has 1 heterocycles. The SMILES string of the molecule is C[C@H]1OCCC1(C)C. The smallest absolute Gasteiger partial charge is 0.0598 e. The molecule has 0 radical (unpaired) electrons. The molecule has 0 amide bonds. The molecule has 1 atom stereocenters. The maximum atomic E-state index is 5.37. The Balaban J connectivity index is 2.54. The second kappa shape index (κ2) is 1.73. The van der Waals surface area contributed by atoms with Crippen molar-refractivity contribution in [1.29, 1.82) is 0 Å². The van der Waals surface area contributed by atoms with Gasteiger partial charge in [-0.15, -0.1) is 0 Å². The van der Waals surface area contributed by atoms with Gasteiger partial charge in [0.15, 0.2) is 0 Å². The van der Waals surface area contributed by atoms with Crippen molar-refractivity contribution in [3.05, 3.63) is 0 Å². The van der Waals surface area contributed by atoms with Gasteiger partial charge in [0, 0.05) is 6.61 Å². The summed E-state index contributed by atoms with van der Waals surface area (Å²) >= 11 is 0. The zero-order valence-electron chi connectivity index (χ0n) is 5.90. The summed E-state index contributed by atoms with van der Waals surface area (Å²) in [6.45, 7) is 7.61. The fraction of sp³-hybridized carbons (Fsp3) is 1.00. The summed E-state index contributed by atoms with van der Waals surface area (Å²) in [6.07, 6.45) is 1.68. The molecule has 0 spiro atoms. The van der Waals surface area contributed by atoms with Crippen molar-refractivity contribution in [2.75, 3.05) is 6.61 Å². The zero-order chi connectivity index (χ0) is 6.20. The van der Waals surface area contributed by atoms with E-state index in [1.165, 1.54) is 6.42 Å². The van der Waals surface area contributed by atoms with Gasteiger partial charge in [0.1, 0.15) is 0 Å². The molecule has 48 valence electrons. The zero-order valence-corrected chi connectivity index (χ0v) is 5.90. The van der Waals surface area contributed by atoms with Gasteiger partial charge < -0.3 is 4.74 Å². The Morgan fingerprint density at radius 3 is 2.25 bits per heavy atom. The van der Waals surface area contributed by atoms with Crippen LogP contribution in [0.4, 0.5) is 0 Å². The van der Waals surface area contributed by atoms with Crippen LogP contribution in [0.5, 0.6) is 0 Å². The van der Waals surface area contributed by atoms with Gasteiger partial charge in [-0.1, -0.05) is 13.8 Å². The number of hydrogen-bond acceptors (Lipinski definition) is 1. The summed E-state index contributed by atoms with van der Waals surface area (Å²) in [6, 6.07) is 0. The van der Waals surface area contributed by atoms with Crippen LogP contribution >= 0.6 is 0 Å². The van der Waals surface area contributed by atoms with Gasteiger partial charge in [-0.3, -0.25) is 0 Å². The summed E-state index contributed by atoms with van der Waals surface area (Å²) in [5.74, 6) is 0. The molecule has 0 aromatic heterocycles. The highest BCUT2D eigenvalue weighted by Crippen LogP contribution is 2.32. The van der Waals surface area contributed by atoms with E-state index >= 15 is 0 Å². The van der Waals surface area contributed by atoms with Crippen molar-refractivity contribution in [3.8, 4) is 0 Å². The van der Waals surface area contributed by atoms with Crippen molar-refractivity contribution < 1.29 is 4.74 Å². The van der Waals surface area contributed by atoms with Gasteiger partial charge in [0.05, 0.1) is 6.10 Å². The third-order valence-corrected chi connectivity index (χ3v) is 2.21. The third kappa shape index (κ3) is 0.873. The van der Waals surface area contributed by atoms with Crippen LogP contribution in [0.1, 0.15) is 27.2 Å². The lowest BCUT2D eigenvalue weighted by atomic mass is 9.87. The monoisotopic (exact) mass is 114 g/mol. The molecule has 0 aromatic rings. The molecule has 1 fully saturated rings. The van der Waals surface area contributed by atoms with E-state index in [1.54, 1.807) is 0 Å². The van der Waals surface area contributed by atoms with E-state index in [2.05, 4.69) is 20.8 Å². The number of ether oxygens (including phenoxy) is 1. The first-order valence-corrected chi connectivity index (χ1v) is 3.24. The van der Waals surface area contributed by atoms with Crippen LogP contribution in [0.3, 0.4) is 0 Å². The fourth-order valence-electron chi connectivity index (χ4n) is 0.928. The molecule has 0 saturated carbocycles. The highest BCUT2D eigenvalue weighted by molar-refractivity contribution is 4.80. The molecule has 8 heavy (non-hydrogen) atoms. The van der Waals surface area contributed by atoms with Crippen molar-refractivity contribution in [2.45, 2.75) is 33.3 Å². The van der Waals surface area contributed by atoms with E-state index in [0.717, 1.165) is 6.61 Å².